The molecule has 3 saturated heterocycles. The van der Waals surface area contributed by atoms with Gasteiger partial charge in [0.15, 0.2) is 0 Å². The Balaban J connectivity index is 1.56. The van der Waals surface area contributed by atoms with E-state index in [-0.39, 0.29) is 17.9 Å². The molecule has 5 rings (SSSR count). The van der Waals surface area contributed by atoms with Gasteiger partial charge in [0.2, 0.25) is 5.91 Å². The van der Waals surface area contributed by atoms with Crippen molar-refractivity contribution in [3.8, 4) is 6.07 Å². The van der Waals surface area contributed by atoms with E-state index in [1.54, 1.807) is 12.1 Å². The summed E-state index contributed by atoms with van der Waals surface area (Å²) in [6.07, 6.45) is 0.974. The number of carbonyl (C=O) groups is 2. The number of hydrogen-bond donors (Lipinski definition) is 0. The lowest BCUT2D eigenvalue weighted by Crippen LogP contribution is -2.44. The van der Waals surface area contributed by atoms with E-state index >= 15 is 0 Å². The summed E-state index contributed by atoms with van der Waals surface area (Å²) in [4.78, 5) is 28.1. The maximum absolute atomic E-state index is 13.4. The summed E-state index contributed by atoms with van der Waals surface area (Å²) in [5, 5.41) is 13.3. The van der Waals surface area contributed by atoms with E-state index in [9.17, 15) is 9.59 Å². The summed E-state index contributed by atoms with van der Waals surface area (Å²) < 4.78 is 0. The molecule has 2 aromatic rings. The fourth-order valence-corrected chi connectivity index (χ4v) is 4.82. The Morgan fingerprint density at radius 2 is 1.54 bits per heavy atom. The largest absolute Gasteiger partial charge is 0.274 e. The van der Waals surface area contributed by atoms with Gasteiger partial charge in [-0.2, -0.15) is 5.26 Å². The standard InChI is InChI=1S/C22H20N4O2/c1-14-3-9-17(10-4-14)26-21(27)18-19(16-7-5-15(13-23)6-8-16)24-11-2-12-25(24)20(18)22(26)28/h3-10,18-20H,2,11-12H2,1H3. The van der Waals surface area contributed by atoms with Gasteiger partial charge in [0.1, 0.15) is 6.04 Å². The van der Waals surface area contributed by atoms with E-state index in [4.69, 9.17) is 5.26 Å². The molecule has 140 valence electrons. The second-order valence-electron chi connectivity index (χ2n) is 7.68. The van der Waals surface area contributed by atoms with Gasteiger partial charge in [-0.3, -0.25) is 9.59 Å². The van der Waals surface area contributed by atoms with Crippen molar-refractivity contribution in [1.29, 1.82) is 5.26 Å². The Labute approximate surface area is 163 Å². The van der Waals surface area contributed by atoms with Crippen LogP contribution in [0.2, 0.25) is 0 Å². The summed E-state index contributed by atoms with van der Waals surface area (Å²) >= 11 is 0. The molecule has 3 atom stereocenters. The minimum Gasteiger partial charge on any atom is -0.274 e. The van der Waals surface area contributed by atoms with Gasteiger partial charge < -0.3 is 0 Å². The molecule has 0 N–H and O–H groups in total. The first-order valence-electron chi connectivity index (χ1n) is 9.58. The Morgan fingerprint density at radius 1 is 0.893 bits per heavy atom. The van der Waals surface area contributed by atoms with Crippen molar-refractivity contribution in [2.45, 2.75) is 25.4 Å². The number of nitriles is 1. The highest BCUT2D eigenvalue weighted by molar-refractivity contribution is 6.24. The van der Waals surface area contributed by atoms with Crippen LogP contribution in [0, 0.1) is 24.2 Å². The van der Waals surface area contributed by atoms with E-state index < -0.39 is 12.0 Å². The molecule has 0 saturated carbocycles. The number of carbonyl (C=O) groups excluding carboxylic acids is 2. The minimum absolute atomic E-state index is 0.136. The second-order valence-corrected chi connectivity index (χ2v) is 7.68. The zero-order chi connectivity index (χ0) is 19.4. The number of imide groups is 1. The van der Waals surface area contributed by atoms with Crippen molar-refractivity contribution in [2.75, 3.05) is 18.0 Å². The quantitative estimate of drug-likeness (QED) is 0.758. The fraction of sp³-hybridized carbons (Fsp3) is 0.318. The van der Waals surface area contributed by atoms with Crippen LogP contribution in [-0.4, -0.2) is 41.0 Å². The molecular formula is C22H20N4O2. The molecule has 3 fully saturated rings. The molecule has 28 heavy (non-hydrogen) atoms. The molecule has 2 aromatic carbocycles. The highest BCUT2D eigenvalue weighted by atomic mass is 16.2. The molecule has 3 heterocycles. The Bertz CT molecular complexity index is 993. The second kappa shape index (κ2) is 6.26. The van der Waals surface area contributed by atoms with Crippen molar-refractivity contribution in [1.82, 2.24) is 10.0 Å². The van der Waals surface area contributed by atoms with Crippen LogP contribution in [-0.2, 0) is 9.59 Å². The van der Waals surface area contributed by atoms with Crippen LogP contribution in [0.3, 0.4) is 0 Å². The molecular weight excluding hydrogens is 352 g/mol. The maximum Gasteiger partial charge on any atom is 0.253 e. The molecule has 3 aliphatic rings. The number of anilines is 1. The molecule has 6 nitrogen and oxygen atoms in total. The van der Waals surface area contributed by atoms with Crippen LogP contribution in [0.25, 0.3) is 0 Å². The van der Waals surface area contributed by atoms with E-state index in [2.05, 4.69) is 16.1 Å². The molecule has 0 aliphatic carbocycles. The minimum atomic E-state index is -0.447. The first kappa shape index (κ1) is 17.1. The van der Waals surface area contributed by atoms with Gasteiger partial charge in [0.25, 0.3) is 5.91 Å². The number of hydrazine groups is 1. The van der Waals surface area contributed by atoms with Crippen LogP contribution >= 0.6 is 0 Å². The first-order chi connectivity index (χ1) is 13.6. The molecule has 0 spiro atoms. The number of rotatable bonds is 2. The zero-order valence-electron chi connectivity index (χ0n) is 15.6. The number of amides is 2. The third-order valence-electron chi connectivity index (χ3n) is 6.08. The van der Waals surface area contributed by atoms with Gasteiger partial charge in [0, 0.05) is 13.1 Å². The van der Waals surface area contributed by atoms with Crippen LogP contribution in [0.5, 0.6) is 0 Å². The summed E-state index contributed by atoms with van der Waals surface area (Å²) in [5.41, 5.74) is 3.29. The van der Waals surface area contributed by atoms with Gasteiger partial charge in [-0.05, 0) is 43.2 Å². The fourth-order valence-electron chi connectivity index (χ4n) is 4.82. The lowest BCUT2D eigenvalue weighted by molar-refractivity contribution is -0.126. The molecule has 3 aliphatic heterocycles. The average Bonchev–Trinajstić information content (AvgIpc) is 3.35. The third-order valence-corrected chi connectivity index (χ3v) is 6.08. The Kier molecular flexibility index (Phi) is 3.83. The van der Waals surface area contributed by atoms with Crippen molar-refractivity contribution in [3.63, 3.8) is 0 Å². The topological polar surface area (TPSA) is 67.7 Å². The summed E-state index contributed by atoms with van der Waals surface area (Å²) in [6.45, 7) is 3.60. The van der Waals surface area contributed by atoms with Gasteiger partial charge >= 0.3 is 0 Å². The number of aryl methyl sites for hydroxylation is 1. The summed E-state index contributed by atoms with van der Waals surface area (Å²) in [5.74, 6) is -0.702. The molecule has 6 heteroatoms. The van der Waals surface area contributed by atoms with Crippen molar-refractivity contribution in [2.24, 2.45) is 5.92 Å². The first-order valence-corrected chi connectivity index (χ1v) is 9.58. The van der Waals surface area contributed by atoms with Gasteiger partial charge in [0.05, 0.1) is 29.3 Å². The van der Waals surface area contributed by atoms with E-state index in [0.717, 1.165) is 30.6 Å². The monoisotopic (exact) mass is 372 g/mol. The highest BCUT2D eigenvalue weighted by Gasteiger charge is 2.62. The predicted octanol–water partition coefficient (Wildman–Crippen LogP) is 2.40. The lowest BCUT2D eigenvalue weighted by Gasteiger charge is -2.29. The molecule has 0 bridgehead atoms. The SMILES string of the molecule is Cc1ccc(N2C(=O)C3C(C2=O)N2CCCN2C3c2ccc(C#N)cc2)cc1. The maximum atomic E-state index is 13.4. The van der Waals surface area contributed by atoms with Gasteiger partial charge in [-0.15, -0.1) is 0 Å². The average molecular weight is 372 g/mol. The van der Waals surface area contributed by atoms with E-state index in [1.807, 2.05) is 43.3 Å². The van der Waals surface area contributed by atoms with Gasteiger partial charge in [-0.1, -0.05) is 29.8 Å². The summed E-state index contributed by atoms with van der Waals surface area (Å²) in [7, 11) is 0. The van der Waals surface area contributed by atoms with Crippen molar-refractivity contribution in [3.05, 3.63) is 65.2 Å². The van der Waals surface area contributed by atoms with E-state index in [1.165, 1.54) is 4.90 Å². The van der Waals surface area contributed by atoms with Crippen molar-refractivity contribution >= 4 is 17.5 Å². The number of hydrogen-bond acceptors (Lipinski definition) is 5. The van der Waals surface area contributed by atoms with Crippen molar-refractivity contribution < 1.29 is 9.59 Å². The van der Waals surface area contributed by atoms with Crippen LogP contribution in [0.15, 0.2) is 48.5 Å². The number of fused-ring (bicyclic) bond motifs is 3. The number of benzene rings is 2. The molecule has 3 unspecified atom stereocenters. The highest BCUT2D eigenvalue weighted by Crippen LogP contribution is 2.48. The Hall–Kier alpha value is -3.01. The number of nitrogens with zero attached hydrogens (tertiary/aromatic N) is 4. The third kappa shape index (κ3) is 2.34. The van der Waals surface area contributed by atoms with Gasteiger partial charge in [-0.25, -0.2) is 14.9 Å². The molecule has 0 radical (unpaired) electrons. The van der Waals surface area contributed by atoms with Crippen LogP contribution < -0.4 is 4.90 Å². The Morgan fingerprint density at radius 3 is 2.18 bits per heavy atom. The smallest absolute Gasteiger partial charge is 0.253 e. The zero-order valence-corrected chi connectivity index (χ0v) is 15.6. The predicted molar refractivity (Wildman–Crippen MR) is 103 cm³/mol. The van der Waals surface area contributed by atoms with E-state index in [0.29, 0.717) is 11.3 Å². The van der Waals surface area contributed by atoms with Crippen LogP contribution in [0.4, 0.5) is 5.69 Å². The molecule has 2 amide bonds. The summed E-state index contributed by atoms with van der Waals surface area (Å²) in [6, 6.07) is 16.4. The lowest BCUT2D eigenvalue weighted by atomic mass is 9.89. The van der Waals surface area contributed by atoms with Crippen LogP contribution in [0.1, 0.15) is 29.2 Å². The normalized spacial score (nSPS) is 27.1. The molecule has 0 aromatic heterocycles.